The van der Waals surface area contributed by atoms with Crippen LogP contribution in [0.1, 0.15) is 56.6 Å². The van der Waals surface area contributed by atoms with Crippen LogP contribution in [0.25, 0.3) is 0 Å². The zero-order valence-corrected chi connectivity index (χ0v) is 15.7. The van der Waals surface area contributed by atoms with Gasteiger partial charge < -0.3 is 10.1 Å². The van der Waals surface area contributed by atoms with Crippen LogP contribution in [0.3, 0.4) is 0 Å². The van der Waals surface area contributed by atoms with Crippen molar-refractivity contribution in [2.24, 2.45) is 0 Å². The van der Waals surface area contributed by atoms with Gasteiger partial charge in [-0.15, -0.1) is 0 Å². The molecular formula is C23H33NO. The Kier molecular flexibility index (Phi) is 9.80. The van der Waals surface area contributed by atoms with Crippen LogP contribution >= 0.6 is 0 Å². The topological polar surface area (TPSA) is 21.3 Å². The van der Waals surface area contributed by atoms with Crippen molar-refractivity contribution >= 4 is 0 Å². The first-order valence-corrected chi connectivity index (χ1v) is 9.85. The molecule has 2 aromatic rings. The van der Waals surface area contributed by atoms with E-state index in [-0.39, 0.29) is 0 Å². The van der Waals surface area contributed by atoms with Gasteiger partial charge in [-0.1, -0.05) is 81.5 Å². The molecule has 2 rings (SSSR count). The van der Waals surface area contributed by atoms with Gasteiger partial charge in [0, 0.05) is 6.54 Å². The molecule has 1 N–H and O–H groups in total. The van der Waals surface area contributed by atoms with Crippen molar-refractivity contribution in [3.8, 4) is 5.75 Å². The highest BCUT2D eigenvalue weighted by molar-refractivity contribution is 5.27. The summed E-state index contributed by atoms with van der Waals surface area (Å²) in [5, 5.41) is 3.51. The maximum absolute atomic E-state index is 5.83. The Morgan fingerprint density at radius 2 is 1.48 bits per heavy atom. The third kappa shape index (κ3) is 8.74. The molecule has 0 spiro atoms. The Hall–Kier alpha value is -1.80. The number of unbranched alkanes of at least 4 members (excludes halogenated alkanes) is 5. The molecule has 2 nitrogen and oxygen atoms in total. The van der Waals surface area contributed by atoms with Crippen LogP contribution < -0.4 is 10.1 Å². The molecule has 0 aliphatic heterocycles. The van der Waals surface area contributed by atoms with Gasteiger partial charge in [0.25, 0.3) is 0 Å². The smallest absolute Gasteiger partial charge is 0.119 e. The molecule has 0 atom stereocenters. The highest BCUT2D eigenvalue weighted by Gasteiger charge is 1.97. The van der Waals surface area contributed by atoms with Crippen molar-refractivity contribution in [3.05, 3.63) is 65.7 Å². The summed E-state index contributed by atoms with van der Waals surface area (Å²) in [5.41, 5.74) is 2.69. The monoisotopic (exact) mass is 339 g/mol. The fourth-order valence-electron chi connectivity index (χ4n) is 2.89. The fraction of sp³-hybridized carbons (Fsp3) is 0.478. The number of rotatable bonds is 13. The van der Waals surface area contributed by atoms with Crippen molar-refractivity contribution in [1.82, 2.24) is 5.32 Å². The zero-order valence-electron chi connectivity index (χ0n) is 15.7. The van der Waals surface area contributed by atoms with Gasteiger partial charge in [-0.3, -0.25) is 0 Å². The van der Waals surface area contributed by atoms with E-state index >= 15 is 0 Å². The molecule has 25 heavy (non-hydrogen) atoms. The molecule has 0 saturated carbocycles. The van der Waals surface area contributed by atoms with E-state index in [1.165, 1.54) is 43.2 Å². The fourth-order valence-corrected chi connectivity index (χ4v) is 2.89. The van der Waals surface area contributed by atoms with Crippen molar-refractivity contribution in [2.75, 3.05) is 13.2 Å². The lowest BCUT2D eigenvalue weighted by atomic mass is 10.1. The predicted octanol–water partition coefficient (Wildman–Crippen LogP) is 5.76. The summed E-state index contributed by atoms with van der Waals surface area (Å²) >= 11 is 0. The van der Waals surface area contributed by atoms with Gasteiger partial charge in [-0.2, -0.15) is 0 Å². The summed E-state index contributed by atoms with van der Waals surface area (Å²) in [5.74, 6) is 0.988. The van der Waals surface area contributed by atoms with Gasteiger partial charge >= 0.3 is 0 Å². The molecule has 0 radical (unpaired) electrons. The molecule has 0 aliphatic carbocycles. The lowest BCUT2D eigenvalue weighted by molar-refractivity contribution is 0.304. The predicted molar refractivity (Wildman–Crippen MR) is 107 cm³/mol. The van der Waals surface area contributed by atoms with E-state index in [1.54, 1.807) is 0 Å². The second-order valence-corrected chi connectivity index (χ2v) is 6.67. The molecular weight excluding hydrogens is 306 g/mol. The van der Waals surface area contributed by atoms with Crippen LogP contribution in [0.4, 0.5) is 0 Å². The van der Waals surface area contributed by atoms with Crippen molar-refractivity contribution in [3.63, 3.8) is 0 Å². The van der Waals surface area contributed by atoms with E-state index in [1.807, 2.05) is 0 Å². The Morgan fingerprint density at radius 1 is 0.760 bits per heavy atom. The molecule has 0 unspecified atom stereocenters. The minimum atomic E-state index is 0.834. The number of nitrogens with one attached hydrogen (secondary N) is 1. The first kappa shape index (κ1) is 19.5. The van der Waals surface area contributed by atoms with Crippen molar-refractivity contribution < 1.29 is 4.74 Å². The Balaban J connectivity index is 1.55. The van der Waals surface area contributed by atoms with Gasteiger partial charge in [-0.25, -0.2) is 0 Å². The van der Waals surface area contributed by atoms with Gasteiger partial charge in [-0.05, 0) is 42.6 Å². The minimum Gasteiger partial charge on any atom is -0.494 e. The van der Waals surface area contributed by atoms with Crippen LogP contribution in [-0.4, -0.2) is 13.2 Å². The molecule has 0 heterocycles. The summed E-state index contributed by atoms with van der Waals surface area (Å²) in [4.78, 5) is 0. The molecule has 0 saturated heterocycles. The number of hydrogen-bond donors (Lipinski definition) is 1. The van der Waals surface area contributed by atoms with Crippen molar-refractivity contribution in [2.45, 2.75) is 58.4 Å². The molecule has 0 aromatic heterocycles. The van der Waals surface area contributed by atoms with Crippen LogP contribution in [0, 0.1) is 0 Å². The molecule has 0 bridgehead atoms. The highest BCUT2D eigenvalue weighted by Crippen LogP contribution is 2.13. The second-order valence-electron chi connectivity index (χ2n) is 6.67. The van der Waals surface area contributed by atoms with E-state index in [2.05, 4.69) is 66.8 Å². The molecule has 136 valence electrons. The highest BCUT2D eigenvalue weighted by atomic mass is 16.5. The van der Waals surface area contributed by atoms with E-state index in [0.717, 1.165) is 38.3 Å². The van der Waals surface area contributed by atoms with Gasteiger partial charge in [0.05, 0.1) is 6.61 Å². The third-order valence-electron chi connectivity index (χ3n) is 4.45. The van der Waals surface area contributed by atoms with Crippen LogP contribution in [-0.2, 0) is 13.0 Å². The molecule has 0 fully saturated rings. The number of ether oxygens (including phenoxy) is 1. The van der Waals surface area contributed by atoms with Gasteiger partial charge in [0.15, 0.2) is 0 Å². The Morgan fingerprint density at radius 3 is 2.24 bits per heavy atom. The Labute approximate surface area is 153 Å². The van der Waals surface area contributed by atoms with E-state index in [0.29, 0.717) is 0 Å². The quantitative estimate of drug-likeness (QED) is 0.469. The first-order valence-electron chi connectivity index (χ1n) is 9.85. The molecule has 0 aliphatic rings. The SMILES string of the molecule is CCCCCCCCOc1ccc(CNCCc2ccccc2)cc1. The van der Waals surface area contributed by atoms with E-state index in [4.69, 9.17) is 4.74 Å². The average molecular weight is 340 g/mol. The molecule has 2 aromatic carbocycles. The van der Waals surface area contributed by atoms with Crippen LogP contribution in [0.5, 0.6) is 5.75 Å². The van der Waals surface area contributed by atoms with E-state index in [9.17, 15) is 0 Å². The molecule has 0 amide bonds. The summed E-state index contributed by atoms with van der Waals surface area (Å²) < 4.78 is 5.83. The summed E-state index contributed by atoms with van der Waals surface area (Å²) in [6.45, 7) is 5.00. The van der Waals surface area contributed by atoms with Crippen LogP contribution in [0.15, 0.2) is 54.6 Å². The summed E-state index contributed by atoms with van der Waals surface area (Å²) in [6, 6.07) is 19.1. The third-order valence-corrected chi connectivity index (χ3v) is 4.45. The standard InChI is InChI=1S/C23H33NO/c1-2-3-4-5-6-10-19-25-23-15-13-22(14-16-23)20-24-18-17-21-11-8-7-9-12-21/h7-9,11-16,24H,2-6,10,17-20H2,1H3. The maximum atomic E-state index is 5.83. The zero-order chi connectivity index (χ0) is 17.6. The lowest BCUT2D eigenvalue weighted by Crippen LogP contribution is -2.16. The molecule has 2 heteroatoms. The van der Waals surface area contributed by atoms with Gasteiger partial charge in [0.2, 0.25) is 0 Å². The second kappa shape index (κ2) is 12.5. The van der Waals surface area contributed by atoms with Crippen molar-refractivity contribution in [1.29, 1.82) is 0 Å². The number of benzene rings is 2. The lowest BCUT2D eigenvalue weighted by Gasteiger charge is -2.08. The first-order chi connectivity index (χ1) is 12.4. The summed E-state index contributed by atoms with van der Waals surface area (Å²) in [6.07, 6.45) is 8.88. The Bertz CT molecular complexity index is 550. The van der Waals surface area contributed by atoms with Gasteiger partial charge in [0.1, 0.15) is 5.75 Å². The van der Waals surface area contributed by atoms with Crippen LogP contribution in [0.2, 0.25) is 0 Å². The number of hydrogen-bond acceptors (Lipinski definition) is 2. The largest absolute Gasteiger partial charge is 0.494 e. The summed E-state index contributed by atoms with van der Waals surface area (Å²) in [7, 11) is 0. The normalized spacial score (nSPS) is 10.8. The minimum absolute atomic E-state index is 0.834. The average Bonchev–Trinajstić information content (AvgIpc) is 2.66. The van der Waals surface area contributed by atoms with E-state index < -0.39 is 0 Å². The maximum Gasteiger partial charge on any atom is 0.119 e.